The summed E-state index contributed by atoms with van der Waals surface area (Å²) in [6.07, 6.45) is 2.81. The van der Waals surface area contributed by atoms with Gasteiger partial charge in [0.1, 0.15) is 0 Å². The normalized spacial score (nSPS) is 21.6. The standard InChI is InChI=1S/C14H19N5O/c1-9-5-7-19-11(16-17-13(19)15-9)12(20)18-8-6-14(3,4)10(18)2/h5,7,10H,6,8H2,1-4H3/t10-/m1/s1. The third kappa shape index (κ3) is 1.87. The highest BCUT2D eigenvalue weighted by molar-refractivity contribution is 5.91. The highest BCUT2D eigenvalue weighted by Crippen LogP contribution is 2.36. The summed E-state index contributed by atoms with van der Waals surface area (Å²) < 4.78 is 1.66. The maximum atomic E-state index is 12.7. The van der Waals surface area contributed by atoms with E-state index in [9.17, 15) is 4.79 Å². The fourth-order valence-corrected chi connectivity index (χ4v) is 2.66. The molecule has 0 saturated carbocycles. The summed E-state index contributed by atoms with van der Waals surface area (Å²) in [4.78, 5) is 18.8. The van der Waals surface area contributed by atoms with Gasteiger partial charge in [0.05, 0.1) is 0 Å². The van der Waals surface area contributed by atoms with Crippen molar-refractivity contribution in [3.8, 4) is 0 Å². The molecule has 106 valence electrons. The molecular weight excluding hydrogens is 254 g/mol. The van der Waals surface area contributed by atoms with Gasteiger partial charge in [0.15, 0.2) is 0 Å². The lowest BCUT2D eigenvalue weighted by atomic mass is 9.86. The van der Waals surface area contributed by atoms with Gasteiger partial charge in [0.25, 0.3) is 11.7 Å². The van der Waals surface area contributed by atoms with Gasteiger partial charge in [-0.3, -0.25) is 9.20 Å². The van der Waals surface area contributed by atoms with Crippen molar-refractivity contribution in [1.29, 1.82) is 0 Å². The molecule has 1 fully saturated rings. The van der Waals surface area contributed by atoms with E-state index in [0.717, 1.165) is 18.7 Å². The van der Waals surface area contributed by atoms with Crippen LogP contribution in [0.5, 0.6) is 0 Å². The van der Waals surface area contributed by atoms with Gasteiger partial charge < -0.3 is 4.90 Å². The zero-order chi connectivity index (χ0) is 14.5. The molecule has 3 rings (SSSR count). The molecule has 3 heterocycles. The zero-order valence-corrected chi connectivity index (χ0v) is 12.3. The molecule has 2 aromatic rings. The molecule has 1 saturated heterocycles. The average molecular weight is 273 g/mol. The summed E-state index contributed by atoms with van der Waals surface area (Å²) in [6.45, 7) is 9.13. The average Bonchev–Trinajstić information content (AvgIpc) is 2.91. The van der Waals surface area contributed by atoms with Crippen LogP contribution in [-0.4, -0.2) is 43.0 Å². The first kappa shape index (κ1) is 13.0. The van der Waals surface area contributed by atoms with Crippen LogP contribution >= 0.6 is 0 Å². The molecule has 0 aliphatic carbocycles. The van der Waals surface area contributed by atoms with E-state index in [1.165, 1.54) is 0 Å². The predicted octanol–water partition coefficient (Wildman–Crippen LogP) is 1.69. The molecule has 1 amide bonds. The molecule has 1 atom stereocenters. The summed E-state index contributed by atoms with van der Waals surface area (Å²) in [6, 6.07) is 2.05. The number of likely N-dealkylation sites (tertiary alicyclic amines) is 1. The van der Waals surface area contributed by atoms with Gasteiger partial charge in [-0.15, -0.1) is 10.2 Å². The number of aryl methyl sites for hydroxylation is 1. The molecule has 0 bridgehead atoms. The molecule has 0 spiro atoms. The molecule has 2 aromatic heterocycles. The third-order valence-electron chi connectivity index (χ3n) is 4.47. The number of carbonyl (C=O) groups excluding carboxylic acids is 1. The number of hydrogen-bond donors (Lipinski definition) is 0. The number of rotatable bonds is 1. The molecule has 1 aliphatic rings. The Morgan fingerprint density at radius 2 is 2.15 bits per heavy atom. The van der Waals surface area contributed by atoms with Crippen LogP contribution in [0.25, 0.3) is 5.78 Å². The van der Waals surface area contributed by atoms with Crippen LogP contribution in [0, 0.1) is 12.3 Å². The van der Waals surface area contributed by atoms with Crippen molar-refractivity contribution in [2.75, 3.05) is 6.54 Å². The van der Waals surface area contributed by atoms with Crippen LogP contribution in [0.2, 0.25) is 0 Å². The van der Waals surface area contributed by atoms with Crippen molar-refractivity contribution in [2.24, 2.45) is 5.41 Å². The second kappa shape index (κ2) is 4.26. The molecule has 0 radical (unpaired) electrons. The molecular formula is C14H19N5O. The lowest BCUT2D eigenvalue weighted by Crippen LogP contribution is -2.39. The van der Waals surface area contributed by atoms with Gasteiger partial charge >= 0.3 is 0 Å². The van der Waals surface area contributed by atoms with Gasteiger partial charge in [-0.1, -0.05) is 13.8 Å². The molecule has 0 unspecified atom stereocenters. The van der Waals surface area contributed by atoms with Crippen LogP contribution < -0.4 is 0 Å². The minimum atomic E-state index is -0.0683. The van der Waals surface area contributed by atoms with Crippen LogP contribution in [-0.2, 0) is 0 Å². The van der Waals surface area contributed by atoms with E-state index in [1.807, 2.05) is 17.9 Å². The monoisotopic (exact) mass is 273 g/mol. The molecule has 6 heteroatoms. The maximum Gasteiger partial charge on any atom is 0.292 e. The quantitative estimate of drug-likeness (QED) is 0.793. The van der Waals surface area contributed by atoms with Crippen molar-refractivity contribution >= 4 is 11.7 Å². The van der Waals surface area contributed by atoms with Crippen LogP contribution in [0.4, 0.5) is 0 Å². The fraction of sp³-hybridized carbons (Fsp3) is 0.571. The second-order valence-corrected chi connectivity index (χ2v) is 6.18. The van der Waals surface area contributed by atoms with Crippen LogP contribution in [0.3, 0.4) is 0 Å². The largest absolute Gasteiger partial charge is 0.333 e. The highest BCUT2D eigenvalue weighted by atomic mass is 16.2. The lowest BCUT2D eigenvalue weighted by Gasteiger charge is -2.28. The van der Waals surface area contributed by atoms with Gasteiger partial charge in [-0.25, -0.2) is 4.98 Å². The van der Waals surface area contributed by atoms with E-state index in [2.05, 4.69) is 36.0 Å². The first-order valence-electron chi connectivity index (χ1n) is 6.89. The Morgan fingerprint density at radius 1 is 1.40 bits per heavy atom. The summed E-state index contributed by atoms with van der Waals surface area (Å²) >= 11 is 0. The molecule has 1 aliphatic heterocycles. The Bertz CT molecular complexity index is 675. The van der Waals surface area contributed by atoms with Crippen molar-refractivity contribution in [2.45, 2.75) is 40.2 Å². The minimum absolute atomic E-state index is 0.0683. The van der Waals surface area contributed by atoms with Crippen LogP contribution in [0.15, 0.2) is 12.3 Å². The Balaban J connectivity index is 1.98. The first-order chi connectivity index (χ1) is 9.40. The van der Waals surface area contributed by atoms with Crippen molar-refractivity contribution < 1.29 is 4.79 Å². The predicted molar refractivity (Wildman–Crippen MR) is 74.4 cm³/mol. The van der Waals surface area contributed by atoms with Gasteiger partial charge in [0, 0.05) is 24.5 Å². The van der Waals surface area contributed by atoms with Crippen molar-refractivity contribution in [3.63, 3.8) is 0 Å². The number of fused-ring (bicyclic) bond motifs is 1. The minimum Gasteiger partial charge on any atom is -0.333 e. The number of nitrogens with zero attached hydrogens (tertiary/aromatic N) is 5. The molecule has 0 aromatic carbocycles. The number of hydrogen-bond acceptors (Lipinski definition) is 4. The summed E-state index contributed by atoms with van der Waals surface area (Å²) in [5, 5.41) is 8.01. The summed E-state index contributed by atoms with van der Waals surface area (Å²) in [5.41, 5.74) is 1.00. The number of aromatic nitrogens is 4. The first-order valence-corrected chi connectivity index (χ1v) is 6.89. The molecule has 6 nitrogen and oxygen atoms in total. The number of amides is 1. The van der Waals surface area contributed by atoms with Gasteiger partial charge in [-0.05, 0) is 31.7 Å². The zero-order valence-electron chi connectivity index (χ0n) is 12.3. The van der Waals surface area contributed by atoms with Crippen molar-refractivity contribution in [3.05, 3.63) is 23.8 Å². The van der Waals surface area contributed by atoms with E-state index in [-0.39, 0.29) is 17.4 Å². The smallest absolute Gasteiger partial charge is 0.292 e. The highest BCUT2D eigenvalue weighted by Gasteiger charge is 2.40. The van der Waals surface area contributed by atoms with Gasteiger partial charge in [0.2, 0.25) is 5.82 Å². The molecule has 0 N–H and O–H groups in total. The summed E-state index contributed by atoms with van der Waals surface area (Å²) in [5.74, 6) is 0.748. The fourth-order valence-electron chi connectivity index (χ4n) is 2.66. The van der Waals surface area contributed by atoms with E-state index < -0.39 is 0 Å². The Hall–Kier alpha value is -1.98. The van der Waals surface area contributed by atoms with E-state index in [4.69, 9.17) is 0 Å². The Labute approximate surface area is 117 Å². The number of carbonyl (C=O) groups is 1. The lowest BCUT2D eigenvalue weighted by molar-refractivity contribution is 0.0692. The second-order valence-electron chi connectivity index (χ2n) is 6.18. The van der Waals surface area contributed by atoms with E-state index in [0.29, 0.717) is 11.6 Å². The summed E-state index contributed by atoms with van der Waals surface area (Å²) in [7, 11) is 0. The van der Waals surface area contributed by atoms with Gasteiger partial charge in [-0.2, -0.15) is 0 Å². The third-order valence-corrected chi connectivity index (χ3v) is 4.47. The van der Waals surface area contributed by atoms with E-state index in [1.54, 1.807) is 10.6 Å². The topological polar surface area (TPSA) is 63.4 Å². The Kier molecular flexibility index (Phi) is 2.77. The van der Waals surface area contributed by atoms with Crippen LogP contribution in [0.1, 0.15) is 43.5 Å². The van der Waals surface area contributed by atoms with E-state index >= 15 is 0 Å². The van der Waals surface area contributed by atoms with Crippen molar-refractivity contribution in [1.82, 2.24) is 24.5 Å². The molecule has 20 heavy (non-hydrogen) atoms. The SMILES string of the molecule is Cc1ccn2c(C(=O)N3CCC(C)(C)[C@H]3C)nnc2n1. The Morgan fingerprint density at radius 3 is 2.80 bits per heavy atom. The maximum absolute atomic E-state index is 12.7.